The quantitative estimate of drug-likeness (QED) is 0.124. The standard InChI is InChI=1S/C21H44NO4P/c1-5-6-7-8-9-10-11-12-13-14-15-16-17-18-20-25-27(23,24)26-21-19-22(2,3)4/h11-12H,5-10,13-21H2,1-4H3/b12-11-. The van der Waals surface area contributed by atoms with Crippen LogP contribution in [0.4, 0.5) is 0 Å². The third-order valence-electron chi connectivity index (χ3n) is 4.42. The van der Waals surface area contributed by atoms with Gasteiger partial charge in [0.05, 0.1) is 27.7 Å². The average Bonchev–Trinajstić information content (AvgIpc) is 2.57. The molecule has 0 spiro atoms. The lowest BCUT2D eigenvalue weighted by atomic mass is 10.1. The second-order valence-corrected chi connectivity index (χ2v) is 9.77. The average molecular weight is 406 g/mol. The zero-order chi connectivity index (χ0) is 20.4. The van der Waals surface area contributed by atoms with Crippen LogP contribution in [0.5, 0.6) is 0 Å². The normalized spacial score (nSPS) is 14.7. The molecular weight excluding hydrogens is 361 g/mol. The highest BCUT2D eigenvalue weighted by atomic mass is 31.2. The number of phosphoric ester groups is 1. The van der Waals surface area contributed by atoms with Crippen LogP contribution in [0.2, 0.25) is 0 Å². The van der Waals surface area contributed by atoms with E-state index >= 15 is 0 Å². The molecule has 27 heavy (non-hydrogen) atoms. The molecule has 0 amide bonds. The molecular formula is C21H44NO4P. The lowest BCUT2D eigenvalue weighted by Crippen LogP contribution is -2.37. The van der Waals surface area contributed by atoms with E-state index in [4.69, 9.17) is 9.05 Å². The largest absolute Gasteiger partial charge is 0.756 e. The van der Waals surface area contributed by atoms with Crippen molar-refractivity contribution in [1.29, 1.82) is 0 Å². The molecule has 0 N–H and O–H groups in total. The Kier molecular flexibility index (Phi) is 16.6. The van der Waals surface area contributed by atoms with Gasteiger partial charge in [-0.1, -0.05) is 64.0 Å². The third-order valence-corrected chi connectivity index (χ3v) is 5.41. The predicted octanol–water partition coefficient (Wildman–Crippen LogP) is 5.45. The molecule has 0 radical (unpaired) electrons. The minimum absolute atomic E-state index is 0.163. The van der Waals surface area contributed by atoms with Crippen molar-refractivity contribution in [3.63, 3.8) is 0 Å². The first-order valence-electron chi connectivity index (χ1n) is 10.8. The van der Waals surface area contributed by atoms with Crippen molar-refractivity contribution in [3.8, 4) is 0 Å². The number of allylic oxidation sites excluding steroid dienone is 2. The first kappa shape index (κ1) is 26.8. The summed E-state index contributed by atoms with van der Waals surface area (Å²) in [7, 11) is 1.84. The second kappa shape index (κ2) is 16.7. The summed E-state index contributed by atoms with van der Waals surface area (Å²) in [6.45, 7) is 3.26. The SMILES string of the molecule is CCCCCCC/C=C\CCCCCCCOP(=O)([O-])OCC[N+](C)(C)C. The van der Waals surface area contributed by atoms with E-state index in [9.17, 15) is 9.46 Å². The fraction of sp³-hybridized carbons (Fsp3) is 0.905. The second-order valence-electron chi connectivity index (χ2n) is 8.36. The Balaban J connectivity index is 3.40. The molecule has 0 aliphatic rings. The molecule has 0 saturated carbocycles. The number of hydrogen-bond acceptors (Lipinski definition) is 4. The van der Waals surface area contributed by atoms with E-state index in [0.29, 0.717) is 11.0 Å². The van der Waals surface area contributed by atoms with Crippen molar-refractivity contribution >= 4 is 7.82 Å². The number of rotatable bonds is 19. The summed E-state index contributed by atoms with van der Waals surface area (Å²) in [5, 5.41) is 0. The first-order chi connectivity index (χ1) is 12.8. The summed E-state index contributed by atoms with van der Waals surface area (Å²) >= 11 is 0. The number of quaternary nitrogens is 1. The lowest BCUT2D eigenvalue weighted by molar-refractivity contribution is -0.870. The topological polar surface area (TPSA) is 58.6 Å². The van der Waals surface area contributed by atoms with E-state index < -0.39 is 7.82 Å². The predicted molar refractivity (Wildman–Crippen MR) is 113 cm³/mol. The van der Waals surface area contributed by atoms with Crippen LogP contribution in [-0.4, -0.2) is 45.4 Å². The highest BCUT2D eigenvalue weighted by molar-refractivity contribution is 7.45. The molecule has 0 aromatic rings. The van der Waals surface area contributed by atoms with Crippen LogP contribution in [0.25, 0.3) is 0 Å². The van der Waals surface area contributed by atoms with Crippen LogP contribution in [0, 0.1) is 0 Å². The van der Waals surface area contributed by atoms with Crippen molar-refractivity contribution in [2.24, 2.45) is 0 Å². The van der Waals surface area contributed by atoms with Crippen LogP contribution < -0.4 is 4.89 Å². The minimum atomic E-state index is -4.13. The van der Waals surface area contributed by atoms with E-state index in [-0.39, 0.29) is 13.2 Å². The number of unbranched alkanes of at least 4 members (excludes halogenated alkanes) is 10. The summed E-state index contributed by atoms with van der Waals surface area (Å²) in [5.41, 5.74) is 0. The van der Waals surface area contributed by atoms with E-state index in [1.165, 1.54) is 51.4 Å². The zero-order valence-corrected chi connectivity index (χ0v) is 19.2. The lowest BCUT2D eigenvalue weighted by Gasteiger charge is -2.27. The minimum Gasteiger partial charge on any atom is -0.756 e. The summed E-state index contributed by atoms with van der Waals surface area (Å²) in [6.07, 6.45) is 19.0. The number of phosphoric acid groups is 1. The maximum Gasteiger partial charge on any atom is 0.268 e. The van der Waals surface area contributed by atoms with Gasteiger partial charge in [-0.2, -0.15) is 0 Å². The van der Waals surface area contributed by atoms with Crippen molar-refractivity contribution in [3.05, 3.63) is 12.2 Å². The zero-order valence-electron chi connectivity index (χ0n) is 18.3. The summed E-state index contributed by atoms with van der Waals surface area (Å²) in [4.78, 5) is 11.6. The Labute approximate surface area is 168 Å². The van der Waals surface area contributed by atoms with Crippen LogP contribution in [0.1, 0.15) is 84.0 Å². The van der Waals surface area contributed by atoms with Crippen molar-refractivity contribution in [2.45, 2.75) is 84.0 Å². The first-order valence-corrected chi connectivity index (χ1v) is 12.3. The van der Waals surface area contributed by atoms with Gasteiger partial charge in [0.1, 0.15) is 13.2 Å². The number of nitrogens with zero attached hydrogens (tertiary/aromatic N) is 1. The van der Waals surface area contributed by atoms with Gasteiger partial charge in [0.25, 0.3) is 7.82 Å². The molecule has 6 heteroatoms. The third kappa shape index (κ3) is 22.0. The fourth-order valence-electron chi connectivity index (χ4n) is 2.64. The van der Waals surface area contributed by atoms with Gasteiger partial charge in [0, 0.05) is 0 Å². The van der Waals surface area contributed by atoms with Gasteiger partial charge >= 0.3 is 0 Å². The molecule has 0 aromatic carbocycles. The van der Waals surface area contributed by atoms with E-state index in [0.717, 1.165) is 25.7 Å². The highest BCUT2D eigenvalue weighted by Crippen LogP contribution is 2.38. The van der Waals surface area contributed by atoms with Crippen LogP contribution in [0.3, 0.4) is 0 Å². The maximum atomic E-state index is 11.6. The summed E-state index contributed by atoms with van der Waals surface area (Å²) in [6, 6.07) is 0. The van der Waals surface area contributed by atoms with Gasteiger partial charge in [-0.25, -0.2) is 0 Å². The summed E-state index contributed by atoms with van der Waals surface area (Å²) in [5.74, 6) is 0. The molecule has 0 saturated heterocycles. The van der Waals surface area contributed by atoms with Crippen LogP contribution in [-0.2, 0) is 13.6 Å². The Hall–Kier alpha value is -0.190. The smallest absolute Gasteiger partial charge is 0.268 e. The molecule has 0 aliphatic carbocycles. The van der Waals surface area contributed by atoms with E-state index in [1.54, 1.807) is 0 Å². The van der Waals surface area contributed by atoms with E-state index in [2.05, 4.69) is 19.1 Å². The molecule has 0 fully saturated rings. The summed E-state index contributed by atoms with van der Waals surface area (Å²) < 4.78 is 22.1. The number of hydrogen-bond donors (Lipinski definition) is 0. The highest BCUT2D eigenvalue weighted by Gasteiger charge is 2.12. The molecule has 0 bridgehead atoms. The van der Waals surface area contributed by atoms with Crippen molar-refractivity contribution in [2.75, 3.05) is 40.9 Å². The van der Waals surface area contributed by atoms with Gasteiger partial charge in [-0.3, -0.25) is 4.57 Å². The Morgan fingerprint density at radius 1 is 0.778 bits per heavy atom. The maximum absolute atomic E-state index is 11.6. The van der Waals surface area contributed by atoms with E-state index in [1.807, 2.05) is 21.1 Å². The van der Waals surface area contributed by atoms with Crippen LogP contribution >= 0.6 is 7.82 Å². The Bertz CT molecular complexity index is 407. The molecule has 0 rings (SSSR count). The molecule has 0 heterocycles. The molecule has 0 aliphatic heterocycles. The van der Waals surface area contributed by atoms with Gasteiger partial charge in [-0.15, -0.1) is 0 Å². The molecule has 162 valence electrons. The van der Waals surface area contributed by atoms with Gasteiger partial charge in [0.2, 0.25) is 0 Å². The van der Waals surface area contributed by atoms with Gasteiger partial charge in [0.15, 0.2) is 0 Å². The monoisotopic (exact) mass is 405 g/mol. The molecule has 1 unspecified atom stereocenters. The molecule has 5 nitrogen and oxygen atoms in total. The van der Waals surface area contributed by atoms with Gasteiger partial charge in [-0.05, 0) is 32.1 Å². The Morgan fingerprint density at radius 2 is 1.26 bits per heavy atom. The molecule has 1 atom stereocenters. The van der Waals surface area contributed by atoms with Crippen molar-refractivity contribution < 1.29 is 23.0 Å². The van der Waals surface area contributed by atoms with Gasteiger partial charge < -0.3 is 18.4 Å². The Morgan fingerprint density at radius 3 is 1.81 bits per heavy atom. The fourth-order valence-corrected chi connectivity index (χ4v) is 3.37. The van der Waals surface area contributed by atoms with Crippen molar-refractivity contribution in [1.82, 2.24) is 0 Å². The van der Waals surface area contributed by atoms with Crippen LogP contribution in [0.15, 0.2) is 12.2 Å². The molecule has 0 aromatic heterocycles. The number of likely N-dealkylation sites (N-methyl/N-ethyl adjacent to an activating group) is 1.